The first kappa shape index (κ1) is 26.0. The van der Waals surface area contributed by atoms with Gasteiger partial charge in [-0.25, -0.2) is 9.78 Å². The maximum absolute atomic E-state index is 13.2. The van der Waals surface area contributed by atoms with Crippen molar-refractivity contribution < 1.29 is 23.8 Å². The Morgan fingerprint density at radius 3 is 2.51 bits per heavy atom. The Bertz CT molecular complexity index is 1290. The quantitative estimate of drug-likeness (QED) is 0.532. The van der Waals surface area contributed by atoms with Crippen LogP contribution in [0.2, 0.25) is 0 Å². The molecule has 3 aromatic rings. The molecule has 1 aromatic carbocycles. The molecule has 12 heteroatoms. The summed E-state index contributed by atoms with van der Waals surface area (Å²) in [6.07, 6.45) is 2.97. The first-order valence-electron chi connectivity index (χ1n) is 12.1. The first-order chi connectivity index (χ1) is 17.6. The molecule has 0 bridgehead atoms. The number of methoxy groups -OCH3 is 1. The van der Waals surface area contributed by atoms with Crippen LogP contribution in [0.4, 0.5) is 16.4 Å². The molecule has 0 saturated carbocycles. The van der Waals surface area contributed by atoms with E-state index in [2.05, 4.69) is 20.4 Å². The van der Waals surface area contributed by atoms with Crippen LogP contribution in [0.3, 0.4) is 0 Å². The molecule has 1 N–H and O–H groups in total. The molecular weight excluding hydrogens is 478 g/mol. The third kappa shape index (κ3) is 6.01. The van der Waals surface area contributed by atoms with Gasteiger partial charge < -0.3 is 29.3 Å². The Hall–Kier alpha value is -4.09. The fourth-order valence-electron chi connectivity index (χ4n) is 3.98. The Morgan fingerprint density at radius 2 is 1.86 bits per heavy atom. The van der Waals surface area contributed by atoms with Gasteiger partial charge in [0.25, 0.3) is 5.91 Å². The number of piperazine rings is 1. The molecule has 4 rings (SSSR count). The van der Waals surface area contributed by atoms with Gasteiger partial charge in [0.2, 0.25) is 11.8 Å². The summed E-state index contributed by atoms with van der Waals surface area (Å²) >= 11 is 0. The summed E-state index contributed by atoms with van der Waals surface area (Å²) in [6.45, 7) is 9.69. The van der Waals surface area contributed by atoms with Crippen molar-refractivity contribution >= 4 is 34.5 Å². The van der Waals surface area contributed by atoms with Crippen molar-refractivity contribution in [1.29, 1.82) is 0 Å². The highest BCUT2D eigenvalue weighted by Crippen LogP contribution is 2.29. The molecule has 1 aliphatic rings. The molecule has 0 aliphatic carbocycles. The smallest absolute Gasteiger partial charge is 0.410 e. The fraction of sp³-hybridized carbons (Fsp3) is 0.480. The second-order valence-electron chi connectivity index (χ2n) is 9.65. The topological polar surface area (TPSA) is 124 Å². The second-order valence-corrected chi connectivity index (χ2v) is 9.65. The molecule has 0 unspecified atom stereocenters. The van der Waals surface area contributed by atoms with Gasteiger partial charge in [-0.3, -0.25) is 9.48 Å². The van der Waals surface area contributed by atoms with Crippen LogP contribution in [0.25, 0.3) is 10.9 Å². The third-order valence-electron chi connectivity index (χ3n) is 5.65. The number of fused-ring (bicyclic) bond motifs is 1. The minimum Gasteiger partial charge on any atom is -0.494 e. The van der Waals surface area contributed by atoms with Crippen LogP contribution in [-0.4, -0.2) is 82.1 Å². The number of aromatic nitrogens is 4. The number of amides is 2. The van der Waals surface area contributed by atoms with Crippen molar-refractivity contribution in [1.82, 2.24) is 24.6 Å². The van der Waals surface area contributed by atoms with Gasteiger partial charge in [0.05, 0.1) is 13.7 Å². The number of carbonyl (C=O) groups excluding carboxylic acids is 2. The van der Waals surface area contributed by atoms with Crippen molar-refractivity contribution in [3.05, 3.63) is 30.1 Å². The van der Waals surface area contributed by atoms with Crippen LogP contribution in [0.15, 0.2) is 24.5 Å². The lowest BCUT2D eigenvalue weighted by Crippen LogP contribution is -2.50. The monoisotopic (exact) mass is 511 g/mol. The second kappa shape index (κ2) is 10.5. The molecule has 37 heavy (non-hydrogen) atoms. The zero-order valence-electron chi connectivity index (χ0n) is 22.1. The summed E-state index contributed by atoms with van der Waals surface area (Å²) in [7, 11) is 3.38. The molecule has 198 valence electrons. The maximum atomic E-state index is 13.2. The predicted molar refractivity (Wildman–Crippen MR) is 138 cm³/mol. The van der Waals surface area contributed by atoms with Gasteiger partial charge in [0, 0.05) is 62.8 Å². The van der Waals surface area contributed by atoms with Crippen LogP contribution in [0.1, 0.15) is 38.1 Å². The van der Waals surface area contributed by atoms with Crippen molar-refractivity contribution in [3.8, 4) is 11.6 Å². The minimum atomic E-state index is -0.547. The van der Waals surface area contributed by atoms with Crippen molar-refractivity contribution in [2.45, 2.75) is 33.3 Å². The van der Waals surface area contributed by atoms with E-state index in [1.165, 1.54) is 6.20 Å². The molecule has 3 heterocycles. The van der Waals surface area contributed by atoms with E-state index in [4.69, 9.17) is 14.2 Å². The lowest BCUT2D eigenvalue weighted by atomic mass is 10.2. The summed E-state index contributed by atoms with van der Waals surface area (Å²) < 4.78 is 18.3. The van der Waals surface area contributed by atoms with Crippen LogP contribution < -0.4 is 19.7 Å². The molecule has 2 aromatic heterocycles. The highest BCUT2D eigenvalue weighted by molar-refractivity contribution is 6.06. The van der Waals surface area contributed by atoms with E-state index in [9.17, 15) is 9.59 Å². The lowest BCUT2D eigenvalue weighted by Gasteiger charge is -2.35. The van der Waals surface area contributed by atoms with Crippen LogP contribution in [-0.2, 0) is 11.8 Å². The minimum absolute atomic E-state index is 0.189. The van der Waals surface area contributed by atoms with Crippen molar-refractivity contribution in [2.24, 2.45) is 7.05 Å². The average Bonchev–Trinajstić information content (AvgIpc) is 3.22. The molecule has 0 radical (unpaired) electrons. The summed E-state index contributed by atoms with van der Waals surface area (Å²) in [5.74, 6) is 0.766. The van der Waals surface area contributed by atoms with E-state index in [1.54, 1.807) is 22.8 Å². The number of carbonyl (C=O) groups is 2. The number of ether oxygens (including phenoxy) is 3. The Labute approximate surface area is 215 Å². The van der Waals surface area contributed by atoms with Gasteiger partial charge in [-0.05, 0) is 33.8 Å². The molecule has 0 atom stereocenters. The molecule has 1 saturated heterocycles. The van der Waals surface area contributed by atoms with E-state index in [0.29, 0.717) is 55.7 Å². The number of hydrogen-bond acceptors (Lipinski definition) is 9. The van der Waals surface area contributed by atoms with Gasteiger partial charge in [-0.15, -0.1) is 0 Å². The molecular formula is C25H33N7O5. The molecule has 2 amide bonds. The first-order valence-corrected chi connectivity index (χ1v) is 12.1. The zero-order valence-corrected chi connectivity index (χ0v) is 22.1. The number of rotatable bonds is 6. The van der Waals surface area contributed by atoms with Gasteiger partial charge in [0.15, 0.2) is 0 Å². The standard InChI is InChI=1S/C25H33N7O5/c1-7-36-22-18(21(33)27-17-12-16-15-30(5)29-20(16)19(13-17)35-6)14-26-23(28-22)31-8-10-32(11-9-31)24(34)37-25(2,3)4/h12-15H,7-11H2,1-6H3,(H,27,33). The Morgan fingerprint density at radius 1 is 1.14 bits per heavy atom. The average molecular weight is 512 g/mol. The predicted octanol–water partition coefficient (Wildman–Crippen LogP) is 3.08. The van der Waals surface area contributed by atoms with Gasteiger partial charge in [-0.2, -0.15) is 10.1 Å². The van der Waals surface area contributed by atoms with Crippen LogP contribution in [0, 0.1) is 0 Å². The summed E-state index contributed by atoms with van der Waals surface area (Å²) in [4.78, 5) is 38.1. The SMILES string of the molecule is CCOc1nc(N2CCN(C(=O)OC(C)(C)C)CC2)ncc1C(=O)Nc1cc(OC)c2nn(C)cc2c1. The normalized spacial score (nSPS) is 14.0. The van der Waals surface area contributed by atoms with Gasteiger partial charge >= 0.3 is 6.09 Å². The van der Waals surface area contributed by atoms with Gasteiger partial charge in [-0.1, -0.05) is 0 Å². The number of aryl methyl sites for hydroxylation is 1. The van der Waals surface area contributed by atoms with E-state index in [1.807, 2.05) is 51.9 Å². The number of benzene rings is 1. The largest absolute Gasteiger partial charge is 0.494 e. The van der Waals surface area contributed by atoms with E-state index in [0.717, 1.165) is 5.39 Å². The van der Waals surface area contributed by atoms with E-state index in [-0.39, 0.29) is 17.5 Å². The van der Waals surface area contributed by atoms with Crippen LogP contribution >= 0.6 is 0 Å². The number of nitrogens with one attached hydrogen (secondary N) is 1. The maximum Gasteiger partial charge on any atom is 0.410 e. The number of nitrogens with zero attached hydrogens (tertiary/aromatic N) is 6. The number of hydrogen-bond donors (Lipinski definition) is 1. The summed E-state index contributed by atoms with van der Waals surface area (Å²) in [5, 5.41) is 8.10. The van der Waals surface area contributed by atoms with Crippen molar-refractivity contribution in [2.75, 3.05) is 50.1 Å². The summed E-state index contributed by atoms with van der Waals surface area (Å²) in [5.41, 5.74) is 0.919. The summed E-state index contributed by atoms with van der Waals surface area (Å²) in [6, 6.07) is 3.54. The van der Waals surface area contributed by atoms with E-state index < -0.39 is 11.5 Å². The van der Waals surface area contributed by atoms with E-state index >= 15 is 0 Å². The molecule has 12 nitrogen and oxygen atoms in total. The Kier molecular flexibility index (Phi) is 7.37. The zero-order chi connectivity index (χ0) is 26.7. The highest BCUT2D eigenvalue weighted by atomic mass is 16.6. The molecule has 0 spiro atoms. The van der Waals surface area contributed by atoms with Crippen molar-refractivity contribution in [3.63, 3.8) is 0 Å². The fourth-order valence-corrected chi connectivity index (χ4v) is 3.98. The Balaban J connectivity index is 1.49. The lowest BCUT2D eigenvalue weighted by molar-refractivity contribution is 0.0240. The highest BCUT2D eigenvalue weighted by Gasteiger charge is 2.28. The van der Waals surface area contributed by atoms with Gasteiger partial charge in [0.1, 0.15) is 22.4 Å². The number of anilines is 2. The third-order valence-corrected chi connectivity index (χ3v) is 5.65. The van der Waals surface area contributed by atoms with Crippen LogP contribution in [0.5, 0.6) is 11.6 Å². The molecule has 1 aliphatic heterocycles. The molecule has 1 fully saturated rings.